The van der Waals surface area contributed by atoms with Gasteiger partial charge in [-0.1, -0.05) is 20.3 Å². The molecule has 0 aliphatic carbocycles. The Morgan fingerprint density at radius 2 is 1.34 bits per heavy atom. The lowest BCUT2D eigenvalue weighted by Gasteiger charge is -2.27. The summed E-state index contributed by atoms with van der Waals surface area (Å²) in [4.78, 5) is 70.8. The number of carboxylic acids is 1. The van der Waals surface area contributed by atoms with E-state index >= 15 is 0 Å². The monoisotopic (exact) mass is 458 g/mol. The van der Waals surface area contributed by atoms with E-state index in [0.29, 0.717) is 6.42 Å². The molecule has 32 heavy (non-hydrogen) atoms. The molecule has 10 N–H and O–H groups in total. The zero-order valence-electron chi connectivity index (χ0n) is 18.6. The highest BCUT2D eigenvalue weighted by Gasteiger charge is 2.32. The molecule has 0 aromatic heterocycles. The molecule has 0 radical (unpaired) electrons. The molecule has 0 saturated carbocycles. The first-order valence-electron chi connectivity index (χ1n) is 10.3. The van der Waals surface area contributed by atoms with Gasteiger partial charge in [-0.3, -0.25) is 28.8 Å². The van der Waals surface area contributed by atoms with Crippen molar-refractivity contribution >= 4 is 35.5 Å². The van der Waals surface area contributed by atoms with Crippen LogP contribution in [0.25, 0.3) is 0 Å². The number of amides is 5. The van der Waals surface area contributed by atoms with E-state index in [1.54, 1.807) is 13.8 Å². The van der Waals surface area contributed by atoms with Gasteiger partial charge in [-0.05, 0) is 25.7 Å². The van der Waals surface area contributed by atoms with Crippen LogP contribution in [0.4, 0.5) is 0 Å². The highest BCUT2D eigenvalue weighted by Crippen LogP contribution is 2.10. The molecule has 182 valence electrons. The van der Waals surface area contributed by atoms with Gasteiger partial charge in [0, 0.05) is 12.8 Å². The second-order valence-corrected chi connectivity index (χ2v) is 7.62. The van der Waals surface area contributed by atoms with Crippen molar-refractivity contribution in [3.8, 4) is 0 Å². The fraction of sp³-hybridized carbons (Fsp3) is 0.684. The number of hydrogen-bond donors (Lipinski definition) is 7. The van der Waals surface area contributed by atoms with Crippen molar-refractivity contribution in [1.82, 2.24) is 16.0 Å². The van der Waals surface area contributed by atoms with Crippen LogP contribution in [0, 0.1) is 5.92 Å². The molecule has 13 nitrogen and oxygen atoms in total. The van der Waals surface area contributed by atoms with Gasteiger partial charge in [0.05, 0.1) is 6.04 Å². The molecule has 13 heteroatoms. The molecule has 0 aromatic carbocycles. The van der Waals surface area contributed by atoms with Crippen molar-refractivity contribution in [2.45, 2.75) is 77.0 Å². The number of nitrogens with two attached hydrogens (primary N) is 3. The Morgan fingerprint density at radius 3 is 1.81 bits per heavy atom. The summed E-state index contributed by atoms with van der Waals surface area (Å²) < 4.78 is 0. The van der Waals surface area contributed by atoms with E-state index in [-0.39, 0.29) is 31.6 Å². The molecule has 5 amide bonds. The largest absolute Gasteiger partial charge is 0.480 e. The predicted molar refractivity (Wildman–Crippen MR) is 113 cm³/mol. The van der Waals surface area contributed by atoms with E-state index in [2.05, 4.69) is 16.0 Å². The Kier molecular flexibility index (Phi) is 12.6. The molecule has 0 rings (SSSR count). The topological polar surface area (TPSA) is 237 Å². The molecular formula is C19H34N6O7. The predicted octanol–water partition coefficient (Wildman–Crippen LogP) is -2.55. The zero-order chi connectivity index (χ0) is 25.0. The van der Waals surface area contributed by atoms with Crippen molar-refractivity contribution < 1.29 is 33.9 Å². The summed E-state index contributed by atoms with van der Waals surface area (Å²) in [5.74, 6) is -5.20. The first-order valence-corrected chi connectivity index (χ1v) is 10.3. The molecule has 0 spiro atoms. The maximum Gasteiger partial charge on any atom is 0.325 e. The minimum atomic E-state index is -1.25. The van der Waals surface area contributed by atoms with Crippen molar-refractivity contribution in [2.75, 3.05) is 0 Å². The van der Waals surface area contributed by atoms with Crippen LogP contribution >= 0.6 is 0 Å². The lowest BCUT2D eigenvalue weighted by Crippen LogP contribution is -2.58. The molecule has 0 fully saturated rings. The molecule has 5 unspecified atom stereocenters. The maximum atomic E-state index is 12.8. The van der Waals surface area contributed by atoms with Crippen molar-refractivity contribution in [3.05, 3.63) is 0 Å². The van der Waals surface area contributed by atoms with Crippen molar-refractivity contribution in [2.24, 2.45) is 23.1 Å². The van der Waals surface area contributed by atoms with Crippen LogP contribution in [-0.2, 0) is 28.8 Å². The number of carboxylic acid groups (broad SMARTS) is 1. The number of carbonyl (C=O) groups excluding carboxylic acids is 5. The zero-order valence-corrected chi connectivity index (χ0v) is 18.6. The van der Waals surface area contributed by atoms with Crippen LogP contribution in [0.1, 0.15) is 52.9 Å². The Balaban J connectivity index is 5.44. The fourth-order valence-electron chi connectivity index (χ4n) is 2.58. The van der Waals surface area contributed by atoms with Gasteiger partial charge in [0.2, 0.25) is 29.5 Å². The molecule has 0 aliphatic rings. The lowest BCUT2D eigenvalue weighted by molar-refractivity contribution is -0.142. The molecular weight excluding hydrogens is 424 g/mol. The Bertz CT molecular complexity index is 714. The minimum absolute atomic E-state index is 0.0453. The lowest BCUT2D eigenvalue weighted by atomic mass is 9.97. The smallest absolute Gasteiger partial charge is 0.325 e. The van der Waals surface area contributed by atoms with Crippen LogP contribution in [0.5, 0.6) is 0 Å². The van der Waals surface area contributed by atoms with Crippen LogP contribution in [0.2, 0.25) is 0 Å². The van der Waals surface area contributed by atoms with Crippen molar-refractivity contribution in [3.63, 3.8) is 0 Å². The van der Waals surface area contributed by atoms with Gasteiger partial charge >= 0.3 is 5.97 Å². The standard InChI is InChI=1S/C19H34N6O7/c1-4-9(2)15(18(30)23-10(3)19(31)32)25-17(29)12(6-8-14(22)27)24-16(28)11(20)5-7-13(21)26/h9-12,15H,4-8,20H2,1-3H3,(H2,21,26)(H2,22,27)(H,23,30)(H,24,28)(H,25,29)(H,31,32). The third-order valence-corrected chi connectivity index (χ3v) is 4.87. The van der Waals surface area contributed by atoms with E-state index in [4.69, 9.17) is 22.3 Å². The van der Waals surface area contributed by atoms with Crippen LogP contribution in [-0.4, -0.2) is 64.8 Å². The molecule has 0 aliphatic heterocycles. The maximum absolute atomic E-state index is 12.8. The Hall–Kier alpha value is -3.22. The second-order valence-electron chi connectivity index (χ2n) is 7.62. The minimum Gasteiger partial charge on any atom is -0.480 e. The second kappa shape index (κ2) is 14.0. The van der Waals surface area contributed by atoms with Gasteiger partial charge < -0.3 is 38.3 Å². The third-order valence-electron chi connectivity index (χ3n) is 4.87. The van der Waals surface area contributed by atoms with E-state index in [1.807, 2.05) is 0 Å². The molecule has 0 saturated heterocycles. The van der Waals surface area contributed by atoms with Gasteiger partial charge in [0.15, 0.2) is 0 Å². The summed E-state index contributed by atoms with van der Waals surface area (Å²) in [5.41, 5.74) is 15.9. The van der Waals surface area contributed by atoms with Gasteiger partial charge in [-0.2, -0.15) is 0 Å². The van der Waals surface area contributed by atoms with E-state index < -0.39 is 59.7 Å². The highest BCUT2D eigenvalue weighted by molar-refractivity contribution is 5.94. The summed E-state index contributed by atoms with van der Waals surface area (Å²) in [5, 5.41) is 16.2. The number of nitrogens with one attached hydrogen (secondary N) is 3. The van der Waals surface area contributed by atoms with E-state index in [9.17, 15) is 28.8 Å². The van der Waals surface area contributed by atoms with Crippen LogP contribution in [0.3, 0.4) is 0 Å². The average Bonchev–Trinajstić information content (AvgIpc) is 2.71. The fourth-order valence-corrected chi connectivity index (χ4v) is 2.58. The van der Waals surface area contributed by atoms with Gasteiger partial charge in [-0.15, -0.1) is 0 Å². The number of hydrogen-bond acceptors (Lipinski definition) is 7. The number of primary amides is 2. The van der Waals surface area contributed by atoms with E-state index in [0.717, 1.165) is 0 Å². The third kappa shape index (κ3) is 10.7. The molecule has 5 atom stereocenters. The van der Waals surface area contributed by atoms with Crippen molar-refractivity contribution in [1.29, 1.82) is 0 Å². The van der Waals surface area contributed by atoms with Crippen LogP contribution < -0.4 is 33.2 Å². The van der Waals surface area contributed by atoms with Gasteiger partial charge in [0.25, 0.3) is 0 Å². The van der Waals surface area contributed by atoms with E-state index in [1.165, 1.54) is 6.92 Å². The summed E-state index contributed by atoms with van der Waals surface area (Å²) >= 11 is 0. The highest BCUT2D eigenvalue weighted by atomic mass is 16.4. The van der Waals surface area contributed by atoms with Gasteiger partial charge in [0.1, 0.15) is 18.1 Å². The quantitative estimate of drug-likeness (QED) is 0.137. The summed E-state index contributed by atoms with van der Waals surface area (Å²) in [6.07, 6.45) is -0.0852. The normalized spacial score (nSPS) is 15.4. The number of aliphatic carboxylic acids is 1. The SMILES string of the molecule is CCC(C)C(NC(=O)C(CCC(N)=O)NC(=O)C(N)CCC(N)=O)C(=O)NC(C)C(=O)O. The Labute approximate surface area is 186 Å². The first kappa shape index (κ1) is 28.8. The first-order chi connectivity index (χ1) is 14.8. The summed E-state index contributed by atoms with van der Waals surface area (Å²) in [6, 6.07) is -4.65. The molecule has 0 heterocycles. The van der Waals surface area contributed by atoms with Crippen LogP contribution in [0.15, 0.2) is 0 Å². The number of carbonyl (C=O) groups is 6. The summed E-state index contributed by atoms with van der Waals surface area (Å²) in [6.45, 7) is 4.74. The molecule has 0 aromatic rings. The number of rotatable bonds is 15. The Morgan fingerprint density at radius 1 is 0.812 bits per heavy atom. The van der Waals surface area contributed by atoms with Gasteiger partial charge in [-0.25, -0.2) is 0 Å². The summed E-state index contributed by atoms with van der Waals surface area (Å²) in [7, 11) is 0. The average molecular weight is 459 g/mol. The molecule has 0 bridgehead atoms.